The van der Waals surface area contributed by atoms with Crippen molar-refractivity contribution >= 4 is 33.4 Å². The molecule has 27 heavy (non-hydrogen) atoms. The van der Waals surface area contributed by atoms with Gasteiger partial charge in [-0.15, -0.1) is 6.58 Å². The van der Waals surface area contributed by atoms with Crippen molar-refractivity contribution < 1.29 is 18.0 Å². The fraction of sp³-hybridized carbons (Fsp3) is 0.444. The Labute approximate surface area is 164 Å². The number of benzene rings is 1. The molecule has 0 bridgehead atoms. The Morgan fingerprint density at radius 2 is 1.74 bits per heavy atom. The summed E-state index contributed by atoms with van der Waals surface area (Å²) in [5.41, 5.74) is 0. The van der Waals surface area contributed by atoms with E-state index in [4.69, 9.17) is 11.6 Å². The van der Waals surface area contributed by atoms with E-state index in [0.717, 1.165) is 0 Å². The number of nitrogens with zero attached hydrogens (tertiary/aromatic N) is 3. The lowest BCUT2D eigenvalue weighted by atomic mass is 10.0. The Kier molecular flexibility index (Phi) is 5.88. The van der Waals surface area contributed by atoms with Crippen LogP contribution in [0.1, 0.15) is 12.8 Å². The standard InChI is InChI=1S/C18H22ClN3O4S/c1-2-9-20-12-13-22(18(24)17(20)23)14-7-10-21(11-8-14)27(25,26)16-6-4-3-5-15(16)19/h2-6,14H,1,7-13H2. The number of halogens is 1. The average Bonchev–Trinajstić information content (AvgIpc) is 2.66. The molecule has 0 unspecified atom stereocenters. The van der Waals surface area contributed by atoms with Gasteiger partial charge in [0.2, 0.25) is 10.0 Å². The van der Waals surface area contributed by atoms with Crippen molar-refractivity contribution in [3.8, 4) is 0 Å². The topological polar surface area (TPSA) is 78.0 Å². The summed E-state index contributed by atoms with van der Waals surface area (Å²) in [6.07, 6.45) is 2.58. The summed E-state index contributed by atoms with van der Waals surface area (Å²) in [4.78, 5) is 27.7. The molecule has 2 amide bonds. The minimum atomic E-state index is -3.68. The fourth-order valence-corrected chi connectivity index (χ4v) is 5.52. The highest BCUT2D eigenvalue weighted by Gasteiger charge is 2.39. The molecule has 2 aliphatic rings. The molecular weight excluding hydrogens is 390 g/mol. The molecule has 0 spiro atoms. The van der Waals surface area contributed by atoms with Gasteiger partial charge in [0.15, 0.2) is 0 Å². The van der Waals surface area contributed by atoms with Crippen LogP contribution in [-0.4, -0.2) is 73.1 Å². The highest BCUT2D eigenvalue weighted by atomic mass is 35.5. The lowest BCUT2D eigenvalue weighted by Crippen LogP contribution is -2.59. The second-order valence-corrected chi connectivity index (χ2v) is 8.92. The van der Waals surface area contributed by atoms with Crippen LogP contribution in [0.3, 0.4) is 0 Å². The minimum absolute atomic E-state index is 0.0920. The number of sulfonamides is 1. The van der Waals surface area contributed by atoms with Crippen molar-refractivity contribution in [2.45, 2.75) is 23.8 Å². The van der Waals surface area contributed by atoms with Crippen LogP contribution in [0.4, 0.5) is 0 Å². The van der Waals surface area contributed by atoms with Crippen LogP contribution in [-0.2, 0) is 19.6 Å². The summed E-state index contributed by atoms with van der Waals surface area (Å²) in [7, 11) is -3.68. The Morgan fingerprint density at radius 3 is 2.37 bits per heavy atom. The van der Waals surface area contributed by atoms with Crippen LogP contribution in [0, 0.1) is 0 Å². The number of carbonyl (C=O) groups excluding carboxylic acids is 2. The number of rotatable bonds is 5. The van der Waals surface area contributed by atoms with E-state index in [1.807, 2.05) is 0 Å². The molecule has 146 valence electrons. The second kappa shape index (κ2) is 8.00. The lowest BCUT2D eigenvalue weighted by Gasteiger charge is -2.41. The van der Waals surface area contributed by atoms with E-state index in [0.29, 0.717) is 32.5 Å². The molecule has 0 aliphatic carbocycles. The van der Waals surface area contributed by atoms with E-state index >= 15 is 0 Å². The average molecular weight is 412 g/mol. The summed E-state index contributed by atoms with van der Waals surface area (Å²) < 4.78 is 27.0. The van der Waals surface area contributed by atoms with Crippen LogP contribution in [0.5, 0.6) is 0 Å². The molecule has 9 heteroatoms. The molecule has 2 aliphatic heterocycles. The van der Waals surface area contributed by atoms with Crippen molar-refractivity contribution in [1.29, 1.82) is 0 Å². The van der Waals surface area contributed by atoms with E-state index in [1.54, 1.807) is 29.2 Å². The number of hydrogen-bond donors (Lipinski definition) is 0. The Bertz CT molecular complexity index is 850. The summed E-state index contributed by atoms with van der Waals surface area (Å²) in [6.45, 7) is 5.44. The van der Waals surface area contributed by atoms with Gasteiger partial charge in [0.25, 0.3) is 0 Å². The maximum atomic E-state index is 12.8. The SMILES string of the molecule is C=CCN1CCN(C2CCN(S(=O)(=O)c3ccccc3Cl)CC2)C(=O)C1=O. The molecule has 3 rings (SSSR count). The van der Waals surface area contributed by atoms with Gasteiger partial charge in [0.1, 0.15) is 4.90 Å². The van der Waals surface area contributed by atoms with Gasteiger partial charge >= 0.3 is 11.8 Å². The van der Waals surface area contributed by atoms with Gasteiger partial charge in [0.05, 0.1) is 5.02 Å². The minimum Gasteiger partial charge on any atom is -0.330 e. The number of piperidine rings is 1. The summed E-state index contributed by atoms with van der Waals surface area (Å²) in [6, 6.07) is 6.23. The van der Waals surface area contributed by atoms with E-state index in [2.05, 4.69) is 6.58 Å². The molecule has 1 aromatic carbocycles. The van der Waals surface area contributed by atoms with Crippen molar-refractivity contribution in [3.05, 3.63) is 41.9 Å². The van der Waals surface area contributed by atoms with Gasteiger partial charge in [-0.05, 0) is 25.0 Å². The Hall–Kier alpha value is -1.90. The molecule has 7 nitrogen and oxygen atoms in total. The number of carbonyl (C=O) groups is 2. The molecule has 2 fully saturated rings. The summed E-state index contributed by atoms with van der Waals surface area (Å²) in [5, 5.41) is 0.193. The zero-order valence-corrected chi connectivity index (χ0v) is 16.5. The Balaban J connectivity index is 1.66. The van der Waals surface area contributed by atoms with Crippen LogP contribution in [0.2, 0.25) is 5.02 Å². The van der Waals surface area contributed by atoms with Gasteiger partial charge in [-0.25, -0.2) is 8.42 Å². The van der Waals surface area contributed by atoms with Crippen molar-refractivity contribution in [1.82, 2.24) is 14.1 Å². The monoisotopic (exact) mass is 411 g/mol. The lowest BCUT2D eigenvalue weighted by molar-refractivity contribution is -0.157. The van der Waals surface area contributed by atoms with Gasteiger partial charge in [-0.1, -0.05) is 29.8 Å². The molecule has 0 N–H and O–H groups in total. The van der Waals surface area contributed by atoms with Gasteiger partial charge in [0, 0.05) is 38.8 Å². The molecular formula is C18H22ClN3O4S. The molecule has 2 saturated heterocycles. The molecule has 0 atom stereocenters. The summed E-state index contributed by atoms with van der Waals surface area (Å²) in [5.74, 6) is -1.04. The third-order valence-electron chi connectivity index (χ3n) is 5.01. The molecule has 1 aromatic rings. The molecule has 0 radical (unpaired) electrons. The van der Waals surface area contributed by atoms with Gasteiger partial charge < -0.3 is 9.80 Å². The first-order valence-electron chi connectivity index (χ1n) is 8.81. The van der Waals surface area contributed by atoms with Crippen LogP contribution < -0.4 is 0 Å². The highest BCUT2D eigenvalue weighted by Crippen LogP contribution is 2.28. The third kappa shape index (κ3) is 3.88. The highest BCUT2D eigenvalue weighted by molar-refractivity contribution is 7.89. The normalized spacial score (nSPS) is 20.2. The Morgan fingerprint density at radius 1 is 1.07 bits per heavy atom. The number of piperazine rings is 1. The zero-order chi connectivity index (χ0) is 19.6. The van der Waals surface area contributed by atoms with Gasteiger partial charge in [-0.3, -0.25) is 9.59 Å². The van der Waals surface area contributed by atoms with Crippen LogP contribution >= 0.6 is 11.6 Å². The van der Waals surface area contributed by atoms with E-state index < -0.39 is 21.8 Å². The maximum Gasteiger partial charge on any atom is 0.312 e. The quantitative estimate of drug-likeness (QED) is 0.541. The number of amides is 2. The van der Waals surface area contributed by atoms with Crippen molar-refractivity contribution in [3.63, 3.8) is 0 Å². The predicted molar refractivity (Wildman–Crippen MR) is 102 cm³/mol. The van der Waals surface area contributed by atoms with E-state index in [-0.39, 0.29) is 29.0 Å². The van der Waals surface area contributed by atoms with E-state index in [9.17, 15) is 18.0 Å². The fourth-order valence-electron chi connectivity index (χ4n) is 3.56. The summed E-state index contributed by atoms with van der Waals surface area (Å²) >= 11 is 6.05. The maximum absolute atomic E-state index is 12.8. The molecule has 0 saturated carbocycles. The predicted octanol–water partition coefficient (Wildman–Crippen LogP) is 1.35. The molecule has 0 aromatic heterocycles. The van der Waals surface area contributed by atoms with Crippen LogP contribution in [0.15, 0.2) is 41.8 Å². The second-order valence-electron chi connectivity index (χ2n) is 6.60. The first kappa shape index (κ1) is 19.9. The van der Waals surface area contributed by atoms with Crippen LogP contribution in [0.25, 0.3) is 0 Å². The number of hydrogen-bond acceptors (Lipinski definition) is 4. The smallest absolute Gasteiger partial charge is 0.312 e. The van der Waals surface area contributed by atoms with Crippen molar-refractivity contribution in [2.75, 3.05) is 32.7 Å². The first-order chi connectivity index (χ1) is 12.9. The van der Waals surface area contributed by atoms with Gasteiger partial charge in [-0.2, -0.15) is 4.31 Å². The molecule has 2 heterocycles. The zero-order valence-electron chi connectivity index (χ0n) is 14.9. The largest absolute Gasteiger partial charge is 0.330 e. The van der Waals surface area contributed by atoms with E-state index in [1.165, 1.54) is 15.3 Å². The van der Waals surface area contributed by atoms with Crippen molar-refractivity contribution in [2.24, 2.45) is 0 Å². The third-order valence-corrected chi connectivity index (χ3v) is 7.41. The first-order valence-corrected chi connectivity index (χ1v) is 10.6.